The molecule has 1 saturated carbocycles. The van der Waals surface area contributed by atoms with Gasteiger partial charge in [-0.05, 0) is 31.2 Å². The molecule has 3 atom stereocenters. The predicted octanol–water partition coefficient (Wildman–Crippen LogP) is 1.23. The van der Waals surface area contributed by atoms with Gasteiger partial charge in [-0.15, -0.1) is 0 Å². The lowest BCUT2D eigenvalue weighted by atomic mass is 9.94. The largest absolute Gasteiger partial charge is 0.481 e. The Morgan fingerprint density at radius 2 is 2.44 bits per heavy atom. The van der Waals surface area contributed by atoms with Crippen LogP contribution in [-0.2, 0) is 7.05 Å². The van der Waals surface area contributed by atoms with Crippen molar-refractivity contribution >= 4 is 5.82 Å². The first-order valence-electron chi connectivity index (χ1n) is 6.83. The SMILES string of the molecule is COc1cc(NCC2NCC3CCCC32)nn1C. The quantitative estimate of drug-likeness (QED) is 0.844. The molecule has 0 bridgehead atoms. The number of hydrogen-bond acceptors (Lipinski definition) is 4. The molecule has 5 nitrogen and oxygen atoms in total. The molecule has 3 unspecified atom stereocenters. The van der Waals surface area contributed by atoms with Crippen molar-refractivity contribution in [1.82, 2.24) is 15.1 Å². The second-order valence-corrected chi connectivity index (χ2v) is 5.45. The van der Waals surface area contributed by atoms with Crippen molar-refractivity contribution in [3.63, 3.8) is 0 Å². The van der Waals surface area contributed by atoms with E-state index in [4.69, 9.17) is 4.74 Å². The highest BCUT2D eigenvalue weighted by atomic mass is 16.5. The van der Waals surface area contributed by atoms with Gasteiger partial charge in [-0.25, -0.2) is 4.68 Å². The van der Waals surface area contributed by atoms with Crippen LogP contribution in [0.4, 0.5) is 5.82 Å². The molecular formula is C13H22N4O. The molecule has 1 aromatic rings. The Morgan fingerprint density at radius 3 is 3.22 bits per heavy atom. The first-order chi connectivity index (χ1) is 8.78. The van der Waals surface area contributed by atoms with E-state index in [1.165, 1.54) is 25.8 Å². The average Bonchev–Trinajstić information content (AvgIpc) is 3.01. The Hall–Kier alpha value is -1.23. The molecule has 2 heterocycles. The third-order valence-electron chi connectivity index (χ3n) is 4.43. The van der Waals surface area contributed by atoms with Crippen molar-refractivity contribution in [2.45, 2.75) is 25.3 Å². The fraction of sp³-hybridized carbons (Fsp3) is 0.769. The van der Waals surface area contributed by atoms with Gasteiger partial charge in [0.25, 0.3) is 0 Å². The fourth-order valence-electron chi connectivity index (χ4n) is 3.47. The summed E-state index contributed by atoms with van der Waals surface area (Å²) in [5.74, 6) is 3.46. The Bertz CT molecular complexity index is 417. The lowest BCUT2D eigenvalue weighted by Crippen LogP contribution is -2.34. The van der Waals surface area contributed by atoms with Crippen molar-refractivity contribution in [2.24, 2.45) is 18.9 Å². The van der Waals surface area contributed by atoms with Gasteiger partial charge < -0.3 is 15.4 Å². The van der Waals surface area contributed by atoms with Crippen LogP contribution in [0.3, 0.4) is 0 Å². The van der Waals surface area contributed by atoms with Crippen LogP contribution in [0.25, 0.3) is 0 Å². The van der Waals surface area contributed by atoms with Crippen molar-refractivity contribution in [3.8, 4) is 5.88 Å². The van der Waals surface area contributed by atoms with Gasteiger partial charge in [0.05, 0.1) is 7.11 Å². The zero-order valence-corrected chi connectivity index (χ0v) is 11.1. The zero-order chi connectivity index (χ0) is 12.5. The van der Waals surface area contributed by atoms with Gasteiger partial charge >= 0.3 is 0 Å². The van der Waals surface area contributed by atoms with E-state index in [2.05, 4.69) is 15.7 Å². The molecule has 100 valence electrons. The van der Waals surface area contributed by atoms with Crippen LogP contribution in [0.5, 0.6) is 5.88 Å². The molecule has 2 N–H and O–H groups in total. The molecule has 0 spiro atoms. The summed E-state index contributed by atoms with van der Waals surface area (Å²) in [5.41, 5.74) is 0. The van der Waals surface area contributed by atoms with Gasteiger partial charge in [-0.2, -0.15) is 5.10 Å². The molecular weight excluding hydrogens is 228 g/mol. The summed E-state index contributed by atoms with van der Waals surface area (Å²) in [6.07, 6.45) is 4.20. The molecule has 18 heavy (non-hydrogen) atoms. The number of aryl methyl sites for hydroxylation is 1. The first-order valence-corrected chi connectivity index (χ1v) is 6.83. The molecule has 1 aliphatic carbocycles. The maximum Gasteiger partial charge on any atom is 0.213 e. The van der Waals surface area contributed by atoms with Crippen LogP contribution in [-0.4, -0.2) is 36.0 Å². The van der Waals surface area contributed by atoms with Gasteiger partial charge in [0.15, 0.2) is 5.82 Å². The summed E-state index contributed by atoms with van der Waals surface area (Å²) in [5, 5.41) is 11.4. The lowest BCUT2D eigenvalue weighted by Gasteiger charge is -2.18. The number of methoxy groups -OCH3 is 1. The molecule has 1 saturated heterocycles. The Balaban J connectivity index is 1.57. The molecule has 1 aromatic heterocycles. The standard InChI is InChI=1S/C13H22N4O/c1-17-13(18-2)6-12(16-17)15-8-11-10-5-3-4-9(10)7-14-11/h6,9-11,14H,3-5,7-8H2,1-2H3,(H,15,16). The van der Waals surface area contributed by atoms with Crippen molar-refractivity contribution in [1.29, 1.82) is 0 Å². The van der Waals surface area contributed by atoms with Crippen molar-refractivity contribution in [3.05, 3.63) is 6.07 Å². The number of anilines is 1. The van der Waals surface area contributed by atoms with Gasteiger partial charge in [0.1, 0.15) is 0 Å². The third-order valence-corrected chi connectivity index (χ3v) is 4.43. The second kappa shape index (κ2) is 4.80. The minimum Gasteiger partial charge on any atom is -0.481 e. The number of hydrogen-bond donors (Lipinski definition) is 2. The normalized spacial score (nSPS) is 30.4. The van der Waals surface area contributed by atoms with Crippen LogP contribution in [0, 0.1) is 11.8 Å². The van der Waals surface area contributed by atoms with Crippen LogP contribution in [0.15, 0.2) is 6.07 Å². The predicted molar refractivity (Wildman–Crippen MR) is 70.9 cm³/mol. The van der Waals surface area contributed by atoms with E-state index in [0.717, 1.165) is 30.1 Å². The van der Waals surface area contributed by atoms with E-state index >= 15 is 0 Å². The minimum absolute atomic E-state index is 0.602. The molecule has 5 heteroatoms. The zero-order valence-electron chi connectivity index (χ0n) is 11.1. The highest BCUT2D eigenvalue weighted by Crippen LogP contribution is 2.37. The maximum absolute atomic E-state index is 5.21. The maximum atomic E-state index is 5.21. The molecule has 2 fully saturated rings. The summed E-state index contributed by atoms with van der Waals surface area (Å²) in [6, 6.07) is 2.55. The topological polar surface area (TPSA) is 51.1 Å². The third kappa shape index (κ3) is 2.07. The molecule has 0 aromatic carbocycles. The summed E-state index contributed by atoms with van der Waals surface area (Å²) in [4.78, 5) is 0. The van der Waals surface area contributed by atoms with Gasteiger partial charge in [-0.1, -0.05) is 6.42 Å². The van der Waals surface area contributed by atoms with Crippen molar-refractivity contribution in [2.75, 3.05) is 25.5 Å². The molecule has 0 radical (unpaired) electrons. The fourth-order valence-corrected chi connectivity index (χ4v) is 3.47. The van der Waals surface area contributed by atoms with Crippen LogP contribution >= 0.6 is 0 Å². The number of nitrogens with zero attached hydrogens (tertiary/aromatic N) is 2. The highest BCUT2D eigenvalue weighted by Gasteiger charge is 2.38. The van der Waals surface area contributed by atoms with Gasteiger partial charge in [-0.3, -0.25) is 0 Å². The van der Waals surface area contributed by atoms with Crippen LogP contribution in [0.1, 0.15) is 19.3 Å². The average molecular weight is 250 g/mol. The Kier molecular flexibility index (Phi) is 3.16. The summed E-state index contributed by atoms with van der Waals surface area (Å²) >= 11 is 0. The number of nitrogens with one attached hydrogen (secondary N) is 2. The summed E-state index contributed by atoms with van der Waals surface area (Å²) in [6.45, 7) is 2.16. The summed E-state index contributed by atoms with van der Waals surface area (Å²) < 4.78 is 6.96. The van der Waals surface area contributed by atoms with Gasteiger partial charge in [0.2, 0.25) is 5.88 Å². The Morgan fingerprint density at radius 1 is 1.56 bits per heavy atom. The number of ether oxygens (including phenoxy) is 1. The molecule has 3 rings (SSSR count). The van der Waals surface area contributed by atoms with E-state index < -0.39 is 0 Å². The van der Waals surface area contributed by atoms with E-state index in [1.54, 1.807) is 11.8 Å². The van der Waals surface area contributed by atoms with E-state index in [0.29, 0.717) is 6.04 Å². The van der Waals surface area contributed by atoms with E-state index in [9.17, 15) is 0 Å². The Labute approximate surface area is 108 Å². The molecule has 2 aliphatic rings. The van der Waals surface area contributed by atoms with Gasteiger partial charge in [0, 0.05) is 25.7 Å². The van der Waals surface area contributed by atoms with Crippen LogP contribution < -0.4 is 15.4 Å². The number of rotatable bonds is 4. The van der Waals surface area contributed by atoms with Crippen LogP contribution in [0.2, 0.25) is 0 Å². The lowest BCUT2D eigenvalue weighted by molar-refractivity contribution is 0.373. The second-order valence-electron chi connectivity index (χ2n) is 5.45. The first kappa shape index (κ1) is 11.8. The monoisotopic (exact) mass is 250 g/mol. The number of aromatic nitrogens is 2. The summed E-state index contributed by atoms with van der Waals surface area (Å²) in [7, 11) is 3.56. The van der Waals surface area contributed by atoms with Crippen molar-refractivity contribution < 1.29 is 4.74 Å². The van der Waals surface area contributed by atoms with E-state index in [1.807, 2.05) is 13.1 Å². The molecule has 0 amide bonds. The molecule has 1 aliphatic heterocycles. The van der Waals surface area contributed by atoms with E-state index in [-0.39, 0.29) is 0 Å². The minimum atomic E-state index is 0.602. The number of fused-ring (bicyclic) bond motifs is 1. The highest BCUT2D eigenvalue weighted by molar-refractivity contribution is 5.38. The smallest absolute Gasteiger partial charge is 0.213 e.